The van der Waals surface area contributed by atoms with Crippen LogP contribution in [0.3, 0.4) is 0 Å². The molecule has 1 aromatic carbocycles. The van der Waals surface area contributed by atoms with Gasteiger partial charge in [0.2, 0.25) is 0 Å². The molecule has 1 atom stereocenters. The van der Waals surface area contributed by atoms with E-state index in [9.17, 15) is 17.6 Å². The summed E-state index contributed by atoms with van der Waals surface area (Å²) in [7, 11) is -3.61. The molecule has 1 aliphatic heterocycles. The zero-order valence-electron chi connectivity index (χ0n) is 17.6. The maximum absolute atomic E-state index is 13.4. The number of sulfone groups is 1. The highest BCUT2D eigenvalue weighted by Crippen LogP contribution is 2.27. The Morgan fingerprint density at radius 1 is 1.32 bits per heavy atom. The molecule has 1 saturated heterocycles. The van der Waals surface area contributed by atoms with Crippen LogP contribution < -0.4 is 10.1 Å². The maximum Gasteiger partial charge on any atom is 0.260 e. The van der Waals surface area contributed by atoms with E-state index in [0.29, 0.717) is 19.6 Å². The van der Waals surface area contributed by atoms with Crippen molar-refractivity contribution in [2.45, 2.75) is 38.2 Å². The Hall–Kier alpha value is -2.17. The standard InChI is InChI=1S/C21H25FN2O5S.H2S/c1-13(2)29-19-6-4-16(30(26,27)12-15-8-9-28-11-15)10-17(19)21(25)24-20-7-5-18(22)14(3)23-20;/h4-7,10,13,15H,8-9,11-12H2,1-3H3,(H,23,24,25);1H2/t15-;/m0./s1. The van der Waals surface area contributed by atoms with E-state index in [-0.39, 0.29) is 59.0 Å². The molecule has 0 spiro atoms. The Kier molecular flexibility index (Phi) is 8.44. The van der Waals surface area contributed by atoms with Crippen LogP contribution in [0.2, 0.25) is 0 Å². The molecule has 7 nitrogen and oxygen atoms in total. The summed E-state index contributed by atoms with van der Waals surface area (Å²) in [5.41, 5.74) is 0.206. The first-order valence-electron chi connectivity index (χ1n) is 9.71. The van der Waals surface area contributed by atoms with Gasteiger partial charge in [0, 0.05) is 6.61 Å². The van der Waals surface area contributed by atoms with E-state index in [2.05, 4.69) is 10.3 Å². The summed E-state index contributed by atoms with van der Waals surface area (Å²) >= 11 is 0. The average Bonchev–Trinajstić information content (AvgIpc) is 3.16. The van der Waals surface area contributed by atoms with Gasteiger partial charge in [0.15, 0.2) is 9.84 Å². The fraction of sp³-hybridized carbons (Fsp3) is 0.429. The maximum atomic E-state index is 13.4. The number of halogens is 1. The lowest BCUT2D eigenvalue weighted by atomic mass is 10.1. The third-order valence-electron chi connectivity index (χ3n) is 4.66. The fourth-order valence-corrected chi connectivity index (χ4v) is 4.80. The molecule has 31 heavy (non-hydrogen) atoms. The van der Waals surface area contributed by atoms with E-state index in [1.807, 2.05) is 0 Å². The summed E-state index contributed by atoms with van der Waals surface area (Å²) in [5.74, 6) is -0.774. The Labute approximate surface area is 188 Å². The molecular formula is C21H27FN2O5S2. The van der Waals surface area contributed by atoms with Crippen LogP contribution in [0.25, 0.3) is 0 Å². The van der Waals surface area contributed by atoms with Gasteiger partial charge in [-0.2, -0.15) is 13.5 Å². The molecular weight excluding hydrogens is 443 g/mol. The number of nitrogens with zero attached hydrogens (tertiary/aromatic N) is 1. The number of carbonyl (C=O) groups excluding carboxylic acids is 1. The average molecular weight is 471 g/mol. The molecule has 0 radical (unpaired) electrons. The van der Waals surface area contributed by atoms with Crippen molar-refractivity contribution in [3.63, 3.8) is 0 Å². The van der Waals surface area contributed by atoms with Crippen LogP contribution in [0.5, 0.6) is 5.75 Å². The van der Waals surface area contributed by atoms with Gasteiger partial charge in [-0.15, -0.1) is 0 Å². The number of anilines is 1. The molecule has 1 N–H and O–H groups in total. The van der Waals surface area contributed by atoms with E-state index >= 15 is 0 Å². The molecule has 0 bridgehead atoms. The minimum absolute atomic E-state index is 0. The number of hydrogen-bond donors (Lipinski definition) is 1. The zero-order chi connectivity index (χ0) is 21.9. The molecule has 0 saturated carbocycles. The van der Waals surface area contributed by atoms with Crippen LogP contribution in [-0.2, 0) is 14.6 Å². The quantitative estimate of drug-likeness (QED) is 0.666. The predicted molar refractivity (Wildman–Crippen MR) is 120 cm³/mol. The second-order valence-electron chi connectivity index (χ2n) is 7.55. The number of aryl methyl sites for hydroxylation is 1. The molecule has 10 heteroatoms. The number of aromatic nitrogens is 1. The first-order chi connectivity index (χ1) is 14.2. The van der Waals surface area contributed by atoms with Crippen LogP contribution >= 0.6 is 13.5 Å². The Balaban J connectivity index is 0.00000341. The predicted octanol–water partition coefficient (Wildman–Crippen LogP) is 3.49. The van der Waals surface area contributed by atoms with E-state index < -0.39 is 21.6 Å². The van der Waals surface area contributed by atoms with Crippen molar-refractivity contribution < 1.29 is 27.1 Å². The van der Waals surface area contributed by atoms with Crippen LogP contribution in [-0.4, -0.2) is 44.4 Å². The molecule has 2 heterocycles. The molecule has 0 aliphatic carbocycles. The molecule has 1 fully saturated rings. The van der Waals surface area contributed by atoms with Gasteiger partial charge < -0.3 is 14.8 Å². The lowest BCUT2D eigenvalue weighted by molar-refractivity contribution is 0.102. The number of ether oxygens (including phenoxy) is 2. The number of carbonyl (C=O) groups is 1. The number of nitrogens with one attached hydrogen (secondary N) is 1. The van der Waals surface area contributed by atoms with E-state index in [4.69, 9.17) is 9.47 Å². The third kappa shape index (κ3) is 6.41. The Morgan fingerprint density at radius 2 is 2.06 bits per heavy atom. The molecule has 2 aromatic rings. The molecule has 3 rings (SSSR count). The van der Waals surface area contributed by atoms with Crippen LogP contribution in [0.1, 0.15) is 36.3 Å². The van der Waals surface area contributed by atoms with E-state index in [0.717, 1.165) is 0 Å². The Bertz CT molecular complexity index is 1040. The van der Waals surface area contributed by atoms with Crippen molar-refractivity contribution >= 4 is 35.1 Å². The van der Waals surface area contributed by atoms with Crippen molar-refractivity contribution in [3.05, 3.63) is 47.4 Å². The Morgan fingerprint density at radius 3 is 2.68 bits per heavy atom. The summed E-state index contributed by atoms with van der Waals surface area (Å²) in [6.45, 7) is 6.06. The highest BCUT2D eigenvalue weighted by atomic mass is 32.2. The van der Waals surface area contributed by atoms with Gasteiger partial charge in [-0.3, -0.25) is 4.79 Å². The second-order valence-corrected chi connectivity index (χ2v) is 9.59. The largest absolute Gasteiger partial charge is 0.490 e. The monoisotopic (exact) mass is 470 g/mol. The third-order valence-corrected chi connectivity index (χ3v) is 6.54. The summed E-state index contributed by atoms with van der Waals surface area (Å²) < 4.78 is 50.1. The highest BCUT2D eigenvalue weighted by Gasteiger charge is 2.26. The minimum Gasteiger partial charge on any atom is -0.490 e. The van der Waals surface area contributed by atoms with Crippen molar-refractivity contribution in [1.29, 1.82) is 0 Å². The van der Waals surface area contributed by atoms with Gasteiger partial charge in [-0.1, -0.05) is 0 Å². The van der Waals surface area contributed by atoms with Crippen molar-refractivity contribution in [3.8, 4) is 5.75 Å². The molecule has 1 amide bonds. The van der Waals surface area contributed by atoms with Gasteiger partial charge >= 0.3 is 0 Å². The van der Waals surface area contributed by atoms with Crippen LogP contribution in [0.15, 0.2) is 35.2 Å². The number of rotatable bonds is 7. The van der Waals surface area contributed by atoms with E-state index in [1.54, 1.807) is 13.8 Å². The molecule has 0 unspecified atom stereocenters. The topological polar surface area (TPSA) is 94.6 Å². The van der Waals surface area contributed by atoms with Gasteiger partial charge in [-0.05, 0) is 63.4 Å². The number of amides is 1. The normalized spacial score (nSPS) is 16.1. The lowest BCUT2D eigenvalue weighted by Crippen LogP contribution is -2.19. The van der Waals surface area contributed by atoms with Crippen LogP contribution in [0, 0.1) is 18.7 Å². The number of hydrogen-bond acceptors (Lipinski definition) is 6. The lowest BCUT2D eigenvalue weighted by Gasteiger charge is -2.16. The summed E-state index contributed by atoms with van der Waals surface area (Å²) in [5, 5.41) is 2.58. The summed E-state index contributed by atoms with van der Waals surface area (Å²) in [6.07, 6.45) is 0.470. The molecule has 170 valence electrons. The SMILES string of the molecule is Cc1nc(NC(=O)c2cc(S(=O)(=O)C[C@H]3CCOC3)ccc2OC(C)C)ccc1F.S. The van der Waals surface area contributed by atoms with Crippen molar-refractivity contribution in [2.75, 3.05) is 24.3 Å². The second kappa shape index (κ2) is 10.4. The van der Waals surface area contributed by atoms with Gasteiger partial charge in [-0.25, -0.2) is 17.8 Å². The van der Waals surface area contributed by atoms with Gasteiger partial charge in [0.25, 0.3) is 5.91 Å². The first-order valence-corrected chi connectivity index (χ1v) is 11.4. The highest BCUT2D eigenvalue weighted by molar-refractivity contribution is 7.91. The summed E-state index contributed by atoms with van der Waals surface area (Å²) in [6, 6.07) is 6.78. The van der Waals surface area contributed by atoms with Crippen LogP contribution in [0.4, 0.5) is 10.2 Å². The smallest absolute Gasteiger partial charge is 0.260 e. The van der Waals surface area contributed by atoms with Gasteiger partial charge in [0.05, 0.1) is 34.6 Å². The minimum atomic E-state index is -3.61. The molecule has 1 aromatic heterocycles. The van der Waals surface area contributed by atoms with Crippen molar-refractivity contribution in [2.24, 2.45) is 5.92 Å². The summed E-state index contributed by atoms with van der Waals surface area (Å²) in [4.78, 5) is 16.9. The molecule has 1 aliphatic rings. The number of benzene rings is 1. The fourth-order valence-electron chi connectivity index (χ4n) is 3.16. The number of pyridine rings is 1. The zero-order valence-corrected chi connectivity index (χ0v) is 19.5. The van der Waals surface area contributed by atoms with Crippen molar-refractivity contribution in [1.82, 2.24) is 4.98 Å². The first kappa shape index (κ1) is 25.1. The van der Waals surface area contributed by atoms with E-state index in [1.165, 1.54) is 37.3 Å². The van der Waals surface area contributed by atoms with Gasteiger partial charge in [0.1, 0.15) is 17.4 Å².